The molecule has 1 aromatic carbocycles. The molecule has 0 aliphatic carbocycles. The van der Waals surface area contributed by atoms with Crippen molar-refractivity contribution in [3.63, 3.8) is 0 Å². The van der Waals surface area contributed by atoms with Crippen LogP contribution < -0.4 is 10.8 Å². The molecule has 0 unspecified atom stereocenters. The summed E-state index contributed by atoms with van der Waals surface area (Å²) < 4.78 is 25.9. The minimum absolute atomic E-state index is 0.346. The molecule has 0 saturated carbocycles. The Labute approximate surface area is 104 Å². The number of halogens is 3. The van der Waals surface area contributed by atoms with Crippen molar-refractivity contribution in [2.45, 2.75) is 0 Å². The second-order valence-corrected chi connectivity index (χ2v) is 3.39. The van der Waals surface area contributed by atoms with Crippen LogP contribution in [0.4, 0.5) is 19.3 Å². The molecule has 0 radical (unpaired) electrons. The summed E-state index contributed by atoms with van der Waals surface area (Å²) >= 11 is 5.51. The number of benzene rings is 1. The van der Waals surface area contributed by atoms with Crippen molar-refractivity contribution >= 4 is 29.3 Å². The lowest BCUT2D eigenvalue weighted by Crippen LogP contribution is -2.31. The Morgan fingerprint density at radius 3 is 2.61 bits per heavy atom. The number of carbonyl (C=O) groups excluding carboxylic acids is 1. The fourth-order valence-corrected chi connectivity index (χ4v) is 1.21. The Kier molecular flexibility index (Phi) is 4.81. The Bertz CT molecular complexity index is 461. The zero-order chi connectivity index (χ0) is 13.7. The van der Waals surface area contributed by atoms with Crippen LogP contribution in [-0.4, -0.2) is 23.7 Å². The fraction of sp³-hybridized carbons (Fsp3) is 0.111. The quantitative estimate of drug-likeness (QED) is 0.733. The van der Waals surface area contributed by atoms with E-state index in [1.807, 2.05) is 5.32 Å². The monoisotopic (exact) mass is 280 g/mol. The van der Waals surface area contributed by atoms with E-state index in [1.165, 1.54) is 0 Å². The number of carboxylic acid groups (broad SMARTS) is 1. The maximum Gasteiger partial charge on any atom is 0.343 e. The van der Waals surface area contributed by atoms with Crippen molar-refractivity contribution in [1.82, 2.24) is 5.48 Å². The normalized spacial score (nSPS) is 9.94. The Morgan fingerprint density at radius 1 is 1.39 bits per heavy atom. The third kappa shape index (κ3) is 4.15. The van der Waals surface area contributed by atoms with Crippen molar-refractivity contribution in [2.75, 3.05) is 11.9 Å². The van der Waals surface area contributed by atoms with Gasteiger partial charge in [0.15, 0.2) is 12.4 Å². The summed E-state index contributed by atoms with van der Waals surface area (Å²) in [5.74, 6) is -3.28. The predicted octanol–water partition coefficient (Wildman–Crippen LogP) is 1.76. The molecule has 3 N–H and O–H groups in total. The molecule has 98 valence electrons. The summed E-state index contributed by atoms with van der Waals surface area (Å²) in [4.78, 5) is 25.4. The third-order valence-electron chi connectivity index (χ3n) is 1.61. The van der Waals surface area contributed by atoms with E-state index in [1.54, 1.807) is 5.48 Å². The molecule has 9 heteroatoms. The molecule has 0 atom stereocenters. The van der Waals surface area contributed by atoms with Crippen molar-refractivity contribution in [3.8, 4) is 0 Å². The first kappa shape index (κ1) is 14.1. The number of rotatable bonds is 4. The van der Waals surface area contributed by atoms with E-state index in [-0.39, 0.29) is 5.02 Å². The molecule has 0 aliphatic rings. The van der Waals surface area contributed by atoms with Gasteiger partial charge in [-0.05, 0) is 6.07 Å². The number of carboxylic acids is 1. The summed E-state index contributed by atoms with van der Waals surface area (Å²) in [5, 5.41) is 9.81. The van der Waals surface area contributed by atoms with Crippen molar-refractivity contribution in [2.24, 2.45) is 0 Å². The Morgan fingerprint density at radius 2 is 2.06 bits per heavy atom. The SMILES string of the molecule is O=C(O)CONC(=O)Nc1c(F)cc(F)cc1Cl. The van der Waals surface area contributed by atoms with E-state index in [2.05, 4.69) is 4.84 Å². The number of hydrogen-bond acceptors (Lipinski definition) is 3. The Balaban J connectivity index is 2.62. The van der Waals surface area contributed by atoms with Crippen molar-refractivity contribution < 1.29 is 28.3 Å². The van der Waals surface area contributed by atoms with Gasteiger partial charge >= 0.3 is 12.0 Å². The molecule has 0 bridgehead atoms. The van der Waals surface area contributed by atoms with Gasteiger partial charge in [0.2, 0.25) is 0 Å². The second kappa shape index (κ2) is 6.12. The molecule has 0 saturated heterocycles. The van der Waals surface area contributed by atoms with E-state index >= 15 is 0 Å². The van der Waals surface area contributed by atoms with Gasteiger partial charge in [0.1, 0.15) is 5.82 Å². The molecule has 1 aromatic rings. The molecule has 0 spiro atoms. The number of aliphatic carboxylic acids is 1. The van der Waals surface area contributed by atoms with Crippen LogP contribution in [0.3, 0.4) is 0 Å². The minimum Gasteiger partial charge on any atom is -0.479 e. The number of hydroxylamine groups is 1. The molecule has 1 rings (SSSR count). The van der Waals surface area contributed by atoms with Crippen molar-refractivity contribution in [3.05, 3.63) is 28.8 Å². The highest BCUT2D eigenvalue weighted by molar-refractivity contribution is 6.33. The minimum atomic E-state index is -1.30. The molecular weight excluding hydrogens is 274 g/mol. The maximum absolute atomic E-state index is 13.2. The molecule has 18 heavy (non-hydrogen) atoms. The highest BCUT2D eigenvalue weighted by atomic mass is 35.5. The van der Waals surface area contributed by atoms with Crippen LogP contribution in [-0.2, 0) is 9.63 Å². The fourth-order valence-electron chi connectivity index (χ4n) is 0.964. The molecular formula is C9H7ClF2N2O4. The third-order valence-corrected chi connectivity index (χ3v) is 1.90. The highest BCUT2D eigenvalue weighted by Crippen LogP contribution is 2.26. The number of hydrogen-bond donors (Lipinski definition) is 3. The molecule has 2 amide bonds. The molecule has 0 fully saturated rings. The lowest BCUT2D eigenvalue weighted by molar-refractivity contribution is -0.143. The van der Waals surface area contributed by atoms with E-state index in [9.17, 15) is 18.4 Å². The van der Waals surface area contributed by atoms with Crippen LogP contribution in [0.1, 0.15) is 0 Å². The van der Waals surface area contributed by atoms with Crippen LogP contribution in [0, 0.1) is 11.6 Å². The van der Waals surface area contributed by atoms with Crippen molar-refractivity contribution in [1.29, 1.82) is 0 Å². The van der Waals surface area contributed by atoms with Gasteiger partial charge in [0.25, 0.3) is 0 Å². The number of carbonyl (C=O) groups is 2. The van der Waals surface area contributed by atoms with E-state index < -0.39 is 35.9 Å². The summed E-state index contributed by atoms with van der Waals surface area (Å²) in [6.07, 6.45) is 0. The largest absolute Gasteiger partial charge is 0.479 e. The lowest BCUT2D eigenvalue weighted by Gasteiger charge is -2.09. The number of amides is 2. The van der Waals surface area contributed by atoms with E-state index in [4.69, 9.17) is 16.7 Å². The molecule has 6 nitrogen and oxygen atoms in total. The van der Waals surface area contributed by atoms with Gasteiger partial charge in [-0.3, -0.25) is 4.84 Å². The first-order chi connectivity index (χ1) is 8.40. The standard InChI is InChI=1S/C9H7ClF2N2O4/c10-5-1-4(11)2-6(12)8(5)13-9(17)14-18-3-7(15)16/h1-2H,3H2,(H,15,16)(H2,13,14,17). The zero-order valence-corrected chi connectivity index (χ0v) is 9.42. The van der Waals surface area contributed by atoms with E-state index in [0.29, 0.717) is 6.07 Å². The van der Waals surface area contributed by atoms with Gasteiger partial charge in [-0.15, -0.1) is 0 Å². The van der Waals surface area contributed by atoms with Gasteiger partial charge in [-0.2, -0.15) is 0 Å². The average Bonchev–Trinajstić information content (AvgIpc) is 2.22. The van der Waals surface area contributed by atoms with Gasteiger partial charge < -0.3 is 10.4 Å². The van der Waals surface area contributed by atoms with Gasteiger partial charge in [0, 0.05) is 6.07 Å². The maximum atomic E-state index is 13.2. The Hall–Kier alpha value is -1.93. The number of urea groups is 1. The topological polar surface area (TPSA) is 87.7 Å². The van der Waals surface area contributed by atoms with Crippen LogP contribution in [0.15, 0.2) is 12.1 Å². The van der Waals surface area contributed by atoms with Crippen LogP contribution in [0.2, 0.25) is 5.02 Å². The first-order valence-electron chi connectivity index (χ1n) is 4.45. The van der Waals surface area contributed by atoms with Gasteiger partial charge in [0.05, 0.1) is 10.7 Å². The summed E-state index contributed by atoms with van der Waals surface area (Å²) in [7, 11) is 0. The van der Waals surface area contributed by atoms with Gasteiger partial charge in [-0.1, -0.05) is 11.6 Å². The summed E-state index contributed by atoms with van der Waals surface area (Å²) in [6, 6.07) is 0.279. The van der Waals surface area contributed by atoms with Crippen LogP contribution in [0.25, 0.3) is 0 Å². The smallest absolute Gasteiger partial charge is 0.343 e. The second-order valence-electron chi connectivity index (χ2n) is 2.98. The average molecular weight is 281 g/mol. The van der Waals surface area contributed by atoms with Crippen LogP contribution in [0.5, 0.6) is 0 Å². The zero-order valence-electron chi connectivity index (χ0n) is 8.67. The van der Waals surface area contributed by atoms with Crippen LogP contribution >= 0.6 is 11.6 Å². The molecule has 0 heterocycles. The molecule has 0 aliphatic heterocycles. The lowest BCUT2D eigenvalue weighted by atomic mass is 10.3. The summed E-state index contributed by atoms with van der Waals surface area (Å²) in [5.41, 5.74) is 1.23. The number of nitrogens with one attached hydrogen (secondary N) is 2. The van der Waals surface area contributed by atoms with E-state index in [0.717, 1.165) is 6.07 Å². The summed E-state index contributed by atoms with van der Waals surface area (Å²) in [6.45, 7) is -0.771. The first-order valence-corrected chi connectivity index (χ1v) is 4.83. The predicted molar refractivity (Wildman–Crippen MR) is 57.1 cm³/mol. The van der Waals surface area contributed by atoms with Gasteiger partial charge in [-0.25, -0.2) is 23.9 Å². The highest BCUT2D eigenvalue weighted by Gasteiger charge is 2.13. The number of anilines is 1. The molecule has 0 aromatic heterocycles.